The van der Waals surface area contributed by atoms with Crippen LogP contribution in [0, 0.1) is 12.7 Å². The molecule has 0 saturated heterocycles. The molecule has 100 valence electrons. The molecular weight excluding hydrogens is 249 g/mol. The first-order valence-electron chi connectivity index (χ1n) is 5.65. The van der Waals surface area contributed by atoms with Gasteiger partial charge in [-0.2, -0.15) is 4.98 Å². The molecule has 0 bridgehead atoms. The third kappa shape index (κ3) is 3.38. The number of benzene rings is 1. The van der Waals surface area contributed by atoms with E-state index in [0.29, 0.717) is 17.1 Å². The van der Waals surface area contributed by atoms with Crippen molar-refractivity contribution in [3.63, 3.8) is 0 Å². The molecule has 0 unspecified atom stereocenters. The zero-order valence-corrected chi connectivity index (χ0v) is 10.7. The molecule has 0 spiro atoms. The molecular formula is C13H14FN3O2. The smallest absolute Gasteiger partial charge is 0.224 e. The Labute approximate surface area is 110 Å². The number of aromatic nitrogens is 2. The van der Waals surface area contributed by atoms with E-state index < -0.39 is 0 Å². The summed E-state index contributed by atoms with van der Waals surface area (Å²) in [5.74, 6) is 0.943. The van der Waals surface area contributed by atoms with Crippen LogP contribution in [0.25, 0.3) is 0 Å². The minimum Gasteiger partial charge on any atom is -0.439 e. The maximum absolute atomic E-state index is 13.4. The zero-order chi connectivity index (χ0) is 13.8. The van der Waals surface area contributed by atoms with Gasteiger partial charge in [-0.3, -0.25) is 0 Å². The molecule has 1 aromatic carbocycles. The van der Waals surface area contributed by atoms with E-state index in [-0.39, 0.29) is 24.1 Å². The predicted molar refractivity (Wildman–Crippen MR) is 68.4 cm³/mol. The average Bonchev–Trinajstić information content (AvgIpc) is 2.33. The number of nitrogens with two attached hydrogens (primary N) is 1. The first-order valence-corrected chi connectivity index (χ1v) is 5.65. The third-order valence-electron chi connectivity index (χ3n) is 2.41. The Morgan fingerprint density at radius 2 is 2.05 bits per heavy atom. The summed E-state index contributed by atoms with van der Waals surface area (Å²) < 4.78 is 23.8. The fourth-order valence-corrected chi connectivity index (χ4v) is 1.50. The van der Waals surface area contributed by atoms with Crippen molar-refractivity contribution in [1.29, 1.82) is 0 Å². The Balaban J connectivity index is 2.24. The first-order chi connectivity index (χ1) is 9.08. The van der Waals surface area contributed by atoms with Crippen LogP contribution in [0.5, 0.6) is 11.6 Å². The van der Waals surface area contributed by atoms with E-state index in [9.17, 15) is 4.39 Å². The monoisotopic (exact) mass is 263 g/mol. The van der Waals surface area contributed by atoms with Crippen LogP contribution in [0.3, 0.4) is 0 Å². The minimum absolute atomic E-state index is 0.226. The van der Waals surface area contributed by atoms with Crippen LogP contribution in [-0.4, -0.2) is 17.1 Å². The van der Waals surface area contributed by atoms with E-state index in [0.717, 1.165) is 0 Å². The SMILES string of the molecule is COCc1nc(N)cc(Oc2ccc(C)c(F)c2)n1. The van der Waals surface area contributed by atoms with Gasteiger partial charge < -0.3 is 15.2 Å². The maximum atomic E-state index is 13.4. The Morgan fingerprint density at radius 3 is 2.74 bits per heavy atom. The summed E-state index contributed by atoms with van der Waals surface area (Å²) in [7, 11) is 1.53. The van der Waals surface area contributed by atoms with Gasteiger partial charge in [0, 0.05) is 19.2 Å². The summed E-state index contributed by atoms with van der Waals surface area (Å²) in [6.07, 6.45) is 0. The normalized spacial score (nSPS) is 10.5. The van der Waals surface area contributed by atoms with Crippen molar-refractivity contribution >= 4 is 5.82 Å². The molecule has 2 rings (SSSR count). The van der Waals surface area contributed by atoms with Crippen molar-refractivity contribution in [3.05, 3.63) is 41.5 Å². The van der Waals surface area contributed by atoms with E-state index in [1.807, 2.05) is 0 Å². The standard InChI is InChI=1S/C13H14FN3O2/c1-8-3-4-9(5-10(8)14)19-13-6-11(15)16-12(17-13)7-18-2/h3-6H,7H2,1-2H3,(H2,15,16,17). The summed E-state index contributed by atoms with van der Waals surface area (Å²) in [5, 5.41) is 0. The van der Waals surface area contributed by atoms with Gasteiger partial charge >= 0.3 is 0 Å². The second-order valence-corrected chi connectivity index (χ2v) is 3.99. The van der Waals surface area contributed by atoms with Gasteiger partial charge in [0.05, 0.1) is 0 Å². The van der Waals surface area contributed by atoms with Crippen molar-refractivity contribution in [1.82, 2.24) is 9.97 Å². The van der Waals surface area contributed by atoms with Gasteiger partial charge in [0.15, 0.2) is 5.82 Å². The second-order valence-electron chi connectivity index (χ2n) is 3.99. The summed E-state index contributed by atoms with van der Waals surface area (Å²) >= 11 is 0. The fourth-order valence-electron chi connectivity index (χ4n) is 1.50. The fraction of sp³-hybridized carbons (Fsp3) is 0.231. The molecule has 0 saturated carbocycles. The van der Waals surface area contributed by atoms with Crippen LogP contribution in [0.4, 0.5) is 10.2 Å². The van der Waals surface area contributed by atoms with Crippen molar-refractivity contribution in [2.24, 2.45) is 0 Å². The Bertz CT molecular complexity index is 590. The molecule has 0 amide bonds. The topological polar surface area (TPSA) is 70.3 Å². The highest BCUT2D eigenvalue weighted by Crippen LogP contribution is 2.23. The third-order valence-corrected chi connectivity index (χ3v) is 2.41. The van der Waals surface area contributed by atoms with E-state index in [4.69, 9.17) is 15.2 Å². The van der Waals surface area contributed by atoms with E-state index in [1.54, 1.807) is 19.1 Å². The molecule has 1 aromatic heterocycles. The summed E-state index contributed by atoms with van der Waals surface area (Å²) in [6, 6.07) is 6.05. The summed E-state index contributed by atoms with van der Waals surface area (Å²) in [6.45, 7) is 1.90. The lowest BCUT2D eigenvalue weighted by Crippen LogP contribution is -2.02. The maximum Gasteiger partial charge on any atom is 0.224 e. The molecule has 2 aromatic rings. The highest BCUT2D eigenvalue weighted by Gasteiger charge is 2.06. The van der Waals surface area contributed by atoms with Crippen LogP contribution in [0.1, 0.15) is 11.4 Å². The Morgan fingerprint density at radius 1 is 1.26 bits per heavy atom. The molecule has 0 aliphatic carbocycles. The molecule has 6 heteroatoms. The number of hydrogen-bond donors (Lipinski definition) is 1. The second kappa shape index (κ2) is 5.62. The van der Waals surface area contributed by atoms with Crippen molar-refractivity contribution in [2.45, 2.75) is 13.5 Å². The molecule has 0 radical (unpaired) electrons. The molecule has 5 nitrogen and oxygen atoms in total. The first kappa shape index (κ1) is 13.2. The lowest BCUT2D eigenvalue weighted by molar-refractivity contribution is 0.177. The molecule has 0 atom stereocenters. The highest BCUT2D eigenvalue weighted by molar-refractivity contribution is 5.36. The number of methoxy groups -OCH3 is 1. The lowest BCUT2D eigenvalue weighted by atomic mass is 10.2. The lowest BCUT2D eigenvalue weighted by Gasteiger charge is -2.08. The van der Waals surface area contributed by atoms with Crippen molar-refractivity contribution in [3.8, 4) is 11.6 Å². The summed E-state index contributed by atoms with van der Waals surface area (Å²) in [4.78, 5) is 8.09. The Hall–Kier alpha value is -2.21. The zero-order valence-electron chi connectivity index (χ0n) is 10.7. The van der Waals surface area contributed by atoms with Crippen LogP contribution in [0.15, 0.2) is 24.3 Å². The van der Waals surface area contributed by atoms with E-state index in [2.05, 4.69) is 9.97 Å². The number of aryl methyl sites for hydroxylation is 1. The molecule has 0 aliphatic heterocycles. The van der Waals surface area contributed by atoms with Crippen LogP contribution in [-0.2, 0) is 11.3 Å². The van der Waals surface area contributed by atoms with Gasteiger partial charge in [-0.15, -0.1) is 0 Å². The Kier molecular flexibility index (Phi) is 3.91. The molecule has 0 fully saturated rings. The van der Waals surface area contributed by atoms with Crippen LogP contribution < -0.4 is 10.5 Å². The highest BCUT2D eigenvalue weighted by atomic mass is 19.1. The van der Waals surface area contributed by atoms with Gasteiger partial charge in [-0.25, -0.2) is 9.37 Å². The molecule has 0 aliphatic rings. The van der Waals surface area contributed by atoms with Crippen molar-refractivity contribution < 1.29 is 13.9 Å². The van der Waals surface area contributed by atoms with E-state index >= 15 is 0 Å². The van der Waals surface area contributed by atoms with Gasteiger partial charge in [0.25, 0.3) is 0 Å². The van der Waals surface area contributed by atoms with Gasteiger partial charge in [-0.05, 0) is 18.6 Å². The number of rotatable bonds is 4. The van der Waals surface area contributed by atoms with Gasteiger partial charge in [-0.1, -0.05) is 6.07 Å². The quantitative estimate of drug-likeness (QED) is 0.917. The minimum atomic E-state index is -0.336. The molecule has 1 heterocycles. The number of ether oxygens (including phenoxy) is 2. The predicted octanol–water partition coefficient (Wildman–Crippen LogP) is 2.45. The largest absolute Gasteiger partial charge is 0.439 e. The molecule has 19 heavy (non-hydrogen) atoms. The number of nitrogens with zero attached hydrogens (tertiary/aromatic N) is 2. The summed E-state index contributed by atoms with van der Waals surface area (Å²) in [5.41, 5.74) is 6.19. The number of anilines is 1. The number of halogens is 1. The van der Waals surface area contributed by atoms with Crippen LogP contribution in [0.2, 0.25) is 0 Å². The van der Waals surface area contributed by atoms with Gasteiger partial charge in [0.2, 0.25) is 5.88 Å². The van der Waals surface area contributed by atoms with Crippen LogP contribution >= 0.6 is 0 Å². The number of hydrogen-bond acceptors (Lipinski definition) is 5. The molecule has 2 N–H and O–H groups in total. The average molecular weight is 263 g/mol. The number of nitrogen functional groups attached to an aromatic ring is 1. The van der Waals surface area contributed by atoms with Gasteiger partial charge in [0.1, 0.15) is 24.0 Å². The van der Waals surface area contributed by atoms with Crippen molar-refractivity contribution in [2.75, 3.05) is 12.8 Å². The van der Waals surface area contributed by atoms with E-state index in [1.165, 1.54) is 19.2 Å².